The van der Waals surface area contributed by atoms with Crippen LogP contribution >= 0.6 is 23.4 Å². The Labute approximate surface area is 118 Å². The molecule has 18 heavy (non-hydrogen) atoms. The van der Waals surface area contributed by atoms with Gasteiger partial charge in [-0.05, 0) is 30.4 Å². The first-order valence-corrected chi connectivity index (χ1v) is 7.55. The largest absolute Gasteiger partial charge is 0.366 e. The van der Waals surface area contributed by atoms with E-state index in [4.69, 9.17) is 11.6 Å². The summed E-state index contributed by atoms with van der Waals surface area (Å²) in [7, 11) is 0. The summed E-state index contributed by atoms with van der Waals surface area (Å²) in [6, 6.07) is 10.1. The third-order valence-electron chi connectivity index (χ3n) is 3.72. The summed E-state index contributed by atoms with van der Waals surface area (Å²) in [6.07, 6.45) is 1.04. The molecule has 0 aromatic heterocycles. The van der Waals surface area contributed by atoms with E-state index < -0.39 is 5.54 Å². The van der Waals surface area contributed by atoms with Crippen molar-refractivity contribution in [2.75, 3.05) is 16.8 Å². The summed E-state index contributed by atoms with van der Waals surface area (Å²) < 4.78 is 0. The first-order valence-electron chi connectivity index (χ1n) is 6.02. The zero-order valence-corrected chi connectivity index (χ0v) is 12.2. The number of nitrogens with zero attached hydrogens (tertiary/aromatic N) is 1. The van der Waals surface area contributed by atoms with E-state index in [1.807, 2.05) is 36.0 Å². The molecule has 1 atom stereocenters. The number of benzene rings is 1. The summed E-state index contributed by atoms with van der Waals surface area (Å²) in [4.78, 5) is 0. The molecule has 1 aromatic rings. The summed E-state index contributed by atoms with van der Waals surface area (Å²) in [6.45, 7) is 4.32. The molecule has 0 saturated carbocycles. The van der Waals surface area contributed by atoms with Crippen molar-refractivity contribution in [3.05, 3.63) is 29.3 Å². The molecule has 1 heterocycles. The molecule has 1 saturated heterocycles. The fourth-order valence-corrected chi connectivity index (χ4v) is 4.01. The minimum Gasteiger partial charge on any atom is -0.366 e. The normalized spacial score (nSPS) is 26.3. The molecule has 1 fully saturated rings. The molecule has 0 spiro atoms. The van der Waals surface area contributed by atoms with Crippen molar-refractivity contribution >= 4 is 29.1 Å². The third kappa shape index (κ3) is 2.46. The van der Waals surface area contributed by atoms with Gasteiger partial charge in [-0.25, -0.2) is 0 Å². The second-order valence-corrected chi connectivity index (χ2v) is 6.88. The van der Waals surface area contributed by atoms with Crippen LogP contribution in [0.4, 0.5) is 5.69 Å². The van der Waals surface area contributed by atoms with Crippen LogP contribution in [0.1, 0.15) is 20.3 Å². The predicted octanol–water partition coefficient (Wildman–Crippen LogP) is 4.18. The van der Waals surface area contributed by atoms with Gasteiger partial charge in [0.2, 0.25) is 0 Å². The fraction of sp³-hybridized carbons (Fsp3) is 0.500. The highest BCUT2D eigenvalue weighted by atomic mass is 35.5. The van der Waals surface area contributed by atoms with Gasteiger partial charge in [-0.2, -0.15) is 17.0 Å². The van der Waals surface area contributed by atoms with E-state index in [0.29, 0.717) is 5.02 Å². The summed E-state index contributed by atoms with van der Waals surface area (Å²) in [5, 5.41) is 13.7. The van der Waals surface area contributed by atoms with E-state index in [1.165, 1.54) is 0 Å². The third-order valence-corrected chi connectivity index (χ3v) is 5.08. The number of hydrogen-bond donors (Lipinski definition) is 1. The van der Waals surface area contributed by atoms with Crippen molar-refractivity contribution < 1.29 is 0 Å². The number of halogens is 1. The topological polar surface area (TPSA) is 35.8 Å². The van der Waals surface area contributed by atoms with Crippen molar-refractivity contribution in [1.82, 2.24) is 0 Å². The summed E-state index contributed by atoms with van der Waals surface area (Å²) >= 11 is 7.83. The molecule has 0 bridgehead atoms. The quantitative estimate of drug-likeness (QED) is 0.883. The Morgan fingerprint density at radius 3 is 2.83 bits per heavy atom. The number of rotatable bonds is 2. The highest BCUT2D eigenvalue weighted by Crippen LogP contribution is 2.44. The molecule has 0 amide bonds. The number of nitrogens with one attached hydrogen (secondary N) is 1. The second-order valence-electron chi connectivity index (χ2n) is 5.34. The van der Waals surface area contributed by atoms with Crippen LogP contribution in [0.25, 0.3) is 0 Å². The van der Waals surface area contributed by atoms with Gasteiger partial charge in [0.15, 0.2) is 0 Å². The Morgan fingerprint density at radius 1 is 1.44 bits per heavy atom. The van der Waals surface area contributed by atoms with Crippen LogP contribution in [0, 0.1) is 16.7 Å². The van der Waals surface area contributed by atoms with E-state index >= 15 is 0 Å². The van der Waals surface area contributed by atoms with Gasteiger partial charge in [0.1, 0.15) is 5.54 Å². The SMILES string of the molecule is CC1(C)CCSCC1(C#N)Nc1cccc(Cl)c1. The lowest BCUT2D eigenvalue weighted by atomic mass is 9.71. The molecule has 1 aliphatic heterocycles. The molecule has 1 unspecified atom stereocenters. The average molecular weight is 281 g/mol. The first kappa shape index (κ1) is 13.6. The van der Waals surface area contributed by atoms with E-state index in [2.05, 4.69) is 25.2 Å². The Morgan fingerprint density at radius 2 is 2.22 bits per heavy atom. The van der Waals surface area contributed by atoms with Crippen molar-refractivity contribution in [2.24, 2.45) is 5.41 Å². The van der Waals surface area contributed by atoms with E-state index in [9.17, 15) is 5.26 Å². The van der Waals surface area contributed by atoms with Crippen molar-refractivity contribution in [1.29, 1.82) is 5.26 Å². The first-order chi connectivity index (χ1) is 8.49. The standard InChI is InChI=1S/C14H17ClN2S/c1-13(2)6-7-18-10-14(13,9-16)17-12-5-3-4-11(15)8-12/h3-5,8,17H,6-7,10H2,1-2H3. The smallest absolute Gasteiger partial charge is 0.139 e. The lowest BCUT2D eigenvalue weighted by Gasteiger charge is -2.46. The number of thioether (sulfide) groups is 1. The molecule has 1 aliphatic rings. The van der Waals surface area contributed by atoms with Gasteiger partial charge in [-0.1, -0.05) is 31.5 Å². The molecule has 0 radical (unpaired) electrons. The van der Waals surface area contributed by atoms with Gasteiger partial charge in [0.05, 0.1) is 6.07 Å². The molecule has 4 heteroatoms. The van der Waals surface area contributed by atoms with Crippen LogP contribution in [0.5, 0.6) is 0 Å². The number of anilines is 1. The molecule has 96 valence electrons. The molecule has 2 rings (SSSR count). The van der Waals surface area contributed by atoms with Crippen LogP contribution in [-0.4, -0.2) is 17.0 Å². The van der Waals surface area contributed by atoms with Gasteiger partial charge in [0.25, 0.3) is 0 Å². The lowest BCUT2D eigenvalue weighted by Crippen LogP contribution is -2.54. The molecular formula is C14H17ClN2S. The number of hydrogen-bond acceptors (Lipinski definition) is 3. The summed E-state index contributed by atoms with van der Waals surface area (Å²) in [5.41, 5.74) is 0.343. The van der Waals surface area contributed by atoms with E-state index in [1.54, 1.807) is 0 Å². The van der Waals surface area contributed by atoms with Crippen LogP contribution < -0.4 is 5.32 Å². The van der Waals surface area contributed by atoms with Crippen molar-refractivity contribution in [3.8, 4) is 6.07 Å². The monoisotopic (exact) mass is 280 g/mol. The zero-order chi connectivity index (χ0) is 13.2. The van der Waals surface area contributed by atoms with Crippen molar-refractivity contribution in [3.63, 3.8) is 0 Å². The Hall–Kier alpha value is -0.850. The maximum absolute atomic E-state index is 9.65. The molecule has 2 nitrogen and oxygen atoms in total. The molecular weight excluding hydrogens is 264 g/mol. The lowest BCUT2D eigenvalue weighted by molar-refractivity contribution is 0.248. The highest BCUT2D eigenvalue weighted by molar-refractivity contribution is 7.99. The van der Waals surface area contributed by atoms with Gasteiger partial charge in [-0.15, -0.1) is 0 Å². The number of nitriles is 1. The van der Waals surface area contributed by atoms with Gasteiger partial charge in [0, 0.05) is 21.9 Å². The minimum absolute atomic E-state index is 0.0463. The molecule has 1 N–H and O–H groups in total. The van der Waals surface area contributed by atoms with Crippen LogP contribution in [-0.2, 0) is 0 Å². The Kier molecular flexibility index (Phi) is 3.79. The maximum atomic E-state index is 9.65. The summed E-state index contributed by atoms with van der Waals surface area (Å²) in [5.74, 6) is 1.93. The zero-order valence-electron chi connectivity index (χ0n) is 10.7. The highest BCUT2D eigenvalue weighted by Gasteiger charge is 2.47. The van der Waals surface area contributed by atoms with Gasteiger partial charge in [-0.3, -0.25) is 0 Å². The van der Waals surface area contributed by atoms with Crippen LogP contribution in [0.2, 0.25) is 5.02 Å². The second kappa shape index (κ2) is 5.03. The van der Waals surface area contributed by atoms with E-state index in [0.717, 1.165) is 23.6 Å². The average Bonchev–Trinajstić information content (AvgIpc) is 2.32. The predicted molar refractivity (Wildman–Crippen MR) is 79.1 cm³/mol. The Balaban J connectivity index is 2.31. The van der Waals surface area contributed by atoms with Crippen molar-refractivity contribution in [2.45, 2.75) is 25.8 Å². The van der Waals surface area contributed by atoms with Gasteiger partial charge < -0.3 is 5.32 Å². The van der Waals surface area contributed by atoms with Crippen LogP contribution in [0.3, 0.4) is 0 Å². The molecule has 1 aromatic carbocycles. The van der Waals surface area contributed by atoms with E-state index in [-0.39, 0.29) is 5.41 Å². The Bertz CT molecular complexity index is 481. The molecule has 0 aliphatic carbocycles. The fourth-order valence-electron chi connectivity index (χ4n) is 2.19. The van der Waals surface area contributed by atoms with Gasteiger partial charge >= 0.3 is 0 Å². The van der Waals surface area contributed by atoms with Crippen LogP contribution in [0.15, 0.2) is 24.3 Å². The maximum Gasteiger partial charge on any atom is 0.139 e. The minimum atomic E-state index is -0.527.